The number of amides is 2. The highest BCUT2D eigenvalue weighted by atomic mass is 32.2. The molecule has 0 bridgehead atoms. The monoisotopic (exact) mass is 587 g/mol. The van der Waals surface area contributed by atoms with Crippen LogP contribution in [0.15, 0.2) is 97.2 Å². The van der Waals surface area contributed by atoms with Crippen molar-refractivity contribution in [3.05, 3.63) is 120 Å². The molecule has 8 nitrogen and oxygen atoms in total. The summed E-state index contributed by atoms with van der Waals surface area (Å²) in [6.07, 6.45) is 5.33. The predicted octanol–water partition coefficient (Wildman–Crippen LogP) is 5.89. The minimum absolute atomic E-state index is 0.0311. The second kappa shape index (κ2) is 13.1. The third-order valence-electron chi connectivity index (χ3n) is 7.21. The molecule has 0 aliphatic carbocycles. The zero-order valence-corrected chi connectivity index (χ0v) is 24.2. The molecule has 1 aliphatic rings. The van der Waals surface area contributed by atoms with Crippen molar-refractivity contribution in [1.82, 2.24) is 9.88 Å². The van der Waals surface area contributed by atoms with E-state index < -0.39 is 10.0 Å². The Hall–Kier alpha value is -4.28. The Labute approximate surface area is 246 Å². The number of aromatic nitrogens is 1. The first-order valence-electron chi connectivity index (χ1n) is 13.9. The van der Waals surface area contributed by atoms with Gasteiger partial charge in [-0.05, 0) is 78.6 Å². The first kappa shape index (κ1) is 29.2. The number of sulfonamides is 1. The van der Waals surface area contributed by atoms with E-state index in [2.05, 4.69) is 26.0 Å². The first-order valence-corrected chi connectivity index (χ1v) is 15.7. The molecule has 0 atom stereocenters. The van der Waals surface area contributed by atoms with Gasteiger partial charge in [0, 0.05) is 61.0 Å². The van der Waals surface area contributed by atoms with Crippen LogP contribution in [0.5, 0.6) is 0 Å². The van der Waals surface area contributed by atoms with Crippen molar-refractivity contribution < 1.29 is 17.6 Å². The van der Waals surface area contributed by atoms with Crippen molar-refractivity contribution in [2.24, 2.45) is 0 Å². The van der Waals surface area contributed by atoms with E-state index >= 15 is 0 Å². The maximum absolute atomic E-state index is 13.4. The first-order chi connectivity index (χ1) is 20.2. The average Bonchev–Trinajstić information content (AvgIpc) is 2.97. The summed E-state index contributed by atoms with van der Waals surface area (Å²) in [5, 5.41) is 2.92. The number of urea groups is 1. The molecule has 42 heavy (non-hydrogen) atoms. The van der Waals surface area contributed by atoms with Crippen LogP contribution in [0.4, 0.5) is 26.2 Å². The van der Waals surface area contributed by atoms with Crippen molar-refractivity contribution in [3.8, 4) is 0 Å². The summed E-state index contributed by atoms with van der Waals surface area (Å²) in [4.78, 5) is 22.2. The van der Waals surface area contributed by atoms with E-state index in [1.54, 1.807) is 24.3 Å². The van der Waals surface area contributed by atoms with Gasteiger partial charge in [0.2, 0.25) is 10.0 Å². The van der Waals surface area contributed by atoms with Crippen molar-refractivity contribution in [2.75, 3.05) is 34.3 Å². The number of nitrogens with one attached hydrogen (secondary N) is 2. The minimum atomic E-state index is -3.30. The number of likely N-dealkylation sites (tertiary alicyclic amines) is 1. The quantitative estimate of drug-likeness (QED) is 0.255. The van der Waals surface area contributed by atoms with E-state index in [0.29, 0.717) is 17.8 Å². The fourth-order valence-corrected chi connectivity index (χ4v) is 5.72. The molecule has 2 heterocycles. The van der Waals surface area contributed by atoms with Crippen molar-refractivity contribution >= 4 is 33.1 Å². The van der Waals surface area contributed by atoms with Crippen LogP contribution >= 0.6 is 0 Å². The number of piperidine rings is 1. The van der Waals surface area contributed by atoms with Gasteiger partial charge in [0.15, 0.2) is 0 Å². The Kier molecular flexibility index (Phi) is 9.14. The molecule has 0 saturated carbocycles. The Morgan fingerprint density at radius 2 is 1.55 bits per heavy atom. The lowest BCUT2D eigenvalue weighted by molar-refractivity contribution is 0.199. The zero-order chi connectivity index (χ0) is 29.5. The molecule has 4 aromatic rings. The molecule has 1 saturated heterocycles. The summed E-state index contributed by atoms with van der Waals surface area (Å²) in [7, 11) is -3.30. The lowest BCUT2D eigenvalue weighted by Gasteiger charge is -2.38. The average molecular weight is 588 g/mol. The number of carbonyl (C=O) groups is 1. The Balaban J connectivity index is 1.16. The number of pyridine rings is 1. The second-order valence-corrected chi connectivity index (χ2v) is 12.3. The second-order valence-electron chi connectivity index (χ2n) is 10.6. The summed E-state index contributed by atoms with van der Waals surface area (Å²) in [6.45, 7) is 2.46. The van der Waals surface area contributed by atoms with Gasteiger partial charge in [0.1, 0.15) is 5.82 Å². The van der Waals surface area contributed by atoms with Gasteiger partial charge >= 0.3 is 6.03 Å². The molecule has 2 amide bonds. The lowest BCUT2D eigenvalue weighted by Crippen LogP contribution is -2.49. The minimum Gasteiger partial charge on any atom is -0.308 e. The molecule has 2 N–H and O–H groups in total. The largest absolute Gasteiger partial charge is 0.326 e. The smallest absolute Gasteiger partial charge is 0.308 e. The van der Waals surface area contributed by atoms with E-state index in [1.807, 2.05) is 59.6 Å². The Morgan fingerprint density at radius 3 is 2.17 bits per heavy atom. The van der Waals surface area contributed by atoms with Crippen LogP contribution in [0.2, 0.25) is 0 Å². The fourth-order valence-electron chi connectivity index (χ4n) is 5.16. The summed E-state index contributed by atoms with van der Waals surface area (Å²) in [6, 6.07) is 26.7. The van der Waals surface area contributed by atoms with Crippen LogP contribution in [0.3, 0.4) is 0 Å². The topological polar surface area (TPSA) is 94.6 Å². The van der Waals surface area contributed by atoms with Gasteiger partial charge in [-0.15, -0.1) is 0 Å². The molecule has 1 fully saturated rings. The van der Waals surface area contributed by atoms with Gasteiger partial charge in [0.25, 0.3) is 0 Å². The molecule has 1 aliphatic heterocycles. The van der Waals surface area contributed by atoms with Crippen LogP contribution in [-0.2, 0) is 23.0 Å². The molecule has 5 rings (SSSR count). The number of halogens is 1. The standard InChI is InChI=1S/C32H34FN5O3S/c1-42(40,41)36-28-12-7-24(8-13-28)21-29-14-9-25(22-34-29)23-37-19-17-31(18-20-37)38(30-5-3-2-4-6-30)32(39)35-27-15-10-26(33)11-16-27/h2-16,22,31,36H,17-21,23H2,1H3,(H,35,39). The summed E-state index contributed by atoms with van der Waals surface area (Å²) >= 11 is 0. The van der Waals surface area contributed by atoms with E-state index in [1.165, 1.54) is 12.1 Å². The molecule has 0 unspecified atom stereocenters. The van der Waals surface area contributed by atoms with Gasteiger partial charge in [-0.2, -0.15) is 0 Å². The van der Waals surface area contributed by atoms with Crippen molar-refractivity contribution in [3.63, 3.8) is 0 Å². The third-order valence-corrected chi connectivity index (χ3v) is 7.81. The summed E-state index contributed by atoms with van der Waals surface area (Å²) in [5.74, 6) is -0.346. The lowest BCUT2D eigenvalue weighted by atomic mass is 10.0. The van der Waals surface area contributed by atoms with E-state index in [0.717, 1.165) is 61.2 Å². The van der Waals surface area contributed by atoms with Crippen LogP contribution < -0.4 is 14.9 Å². The summed E-state index contributed by atoms with van der Waals surface area (Å²) in [5.41, 5.74) is 5.02. The maximum atomic E-state index is 13.4. The molecular formula is C32H34FN5O3S. The normalized spacial score (nSPS) is 14.3. The van der Waals surface area contributed by atoms with E-state index in [4.69, 9.17) is 0 Å². The number of benzene rings is 3. The molecule has 0 radical (unpaired) electrons. The van der Waals surface area contributed by atoms with Gasteiger partial charge in [-0.25, -0.2) is 17.6 Å². The molecule has 3 aromatic carbocycles. The molecule has 218 valence electrons. The number of anilines is 3. The van der Waals surface area contributed by atoms with Crippen LogP contribution in [-0.4, -0.2) is 49.7 Å². The van der Waals surface area contributed by atoms with Gasteiger partial charge in [-0.1, -0.05) is 36.4 Å². The highest BCUT2D eigenvalue weighted by Gasteiger charge is 2.29. The van der Waals surface area contributed by atoms with Crippen LogP contribution in [0.25, 0.3) is 0 Å². The number of rotatable bonds is 9. The van der Waals surface area contributed by atoms with E-state index in [9.17, 15) is 17.6 Å². The van der Waals surface area contributed by atoms with E-state index in [-0.39, 0.29) is 17.9 Å². The zero-order valence-electron chi connectivity index (χ0n) is 23.4. The number of hydrogen-bond donors (Lipinski definition) is 2. The highest BCUT2D eigenvalue weighted by Crippen LogP contribution is 2.26. The highest BCUT2D eigenvalue weighted by molar-refractivity contribution is 7.92. The van der Waals surface area contributed by atoms with Crippen molar-refractivity contribution in [2.45, 2.75) is 31.8 Å². The molecule has 10 heteroatoms. The third kappa shape index (κ3) is 8.14. The number of para-hydroxylation sites is 1. The Morgan fingerprint density at radius 1 is 0.905 bits per heavy atom. The fraction of sp³-hybridized carbons (Fsp3) is 0.250. The SMILES string of the molecule is CS(=O)(=O)Nc1ccc(Cc2ccc(CN3CCC(N(C(=O)Nc4ccc(F)cc4)c4ccccc4)CC3)cn2)cc1. The van der Waals surface area contributed by atoms with Gasteiger partial charge in [-0.3, -0.25) is 19.5 Å². The van der Waals surface area contributed by atoms with Gasteiger partial charge in [0.05, 0.1) is 6.26 Å². The maximum Gasteiger partial charge on any atom is 0.326 e. The summed E-state index contributed by atoms with van der Waals surface area (Å²) < 4.78 is 38.6. The van der Waals surface area contributed by atoms with Crippen LogP contribution in [0.1, 0.15) is 29.7 Å². The Bertz CT molecular complexity index is 1570. The van der Waals surface area contributed by atoms with Gasteiger partial charge < -0.3 is 5.32 Å². The van der Waals surface area contributed by atoms with Crippen molar-refractivity contribution in [1.29, 1.82) is 0 Å². The molecular weight excluding hydrogens is 553 g/mol. The molecule has 1 aromatic heterocycles. The molecule has 0 spiro atoms. The van der Waals surface area contributed by atoms with Crippen LogP contribution in [0, 0.1) is 5.82 Å². The predicted molar refractivity (Wildman–Crippen MR) is 165 cm³/mol. The number of nitrogens with zero attached hydrogens (tertiary/aromatic N) is 3. The number of hydrogen-bond acceptors (Lipinski definition) is 5. The number of carbonyl (C=O) groups excluding carboxylic acids is 1.